The second kappa shape index (κ2) is 8.59. The molecule has 2 fully saturated rings. The number of carbonyl (C=O) groups excluding carboxylic acids is 1. The lowest BCUT2D eigenvalue weighted by molar-refractivity contribution is -0.130. The van der Waals surface area contributed by atoms with E-state index >= 15 is 0 Å². The Labute approximate surface area is 169 Å². The Morgan fingerprint density at radius 2 is 1.79 bits per heavy atom. The molecule has 1 atom stereocenters. The van der Waals surface area contributed by atoms with Crippen molar-refractivity contribution in [1.82, 2.24) is 10.2 Å². The van der Waals surface area contributed by atoms with E-state index in [-0.39, 0.29) is 23.6 Å². The number of nitrogens with zero attached hydrogens (tertiary/aromatic N) is 1. The molecular weight excluding hydrogens is 374 g/mol. The van der Waals surface area contributed by atoms with Gasteiger partial charge in [-0.3, -0.25) is 9.69 Å². The van der Waals surface area contributed by atoms with Gasteiger partial charge in [-0.2, -0.15) is 0 Å². The number of nitrogens with one attached hydrogen (secondary N) is 1. The maximum absolute atomic E-state index is 13.8. The van der Waals surface area contributed by atoms with Crippen LogP contribution < -0.4 is 5.32 Å². The molecule has 0 spiro atoms. The van der Waals surface area contributed by atoms with Gasteiger partial charge in [0.1, 0.15) is 11.6 Å². The molecule has 6 heteroatoms. The summed E-state index contributed by atoms with van der Waals surface area (Å²) in [5, 5.41) is 3.12. The molecule has 4 nitrogen and oxygen atoms in total. The van der Waals surface area contributed by atoms with Crippen LogP contribution in [0, 0.1) is 11.6 Å². The van der Waals surface area contributed by atoms with E-state index in [1.165, 1.54) is 24.3 Å². The number of halogens is 2. The molecule has 1 heterocycles. The van der Waals surface area contributed by atoms with Crippen LogP contribution in [-0.4, -0.2) is 43.7 Å². The molecule has 2 aromatic carbocycles. The summed E-state index contributed by atoms with van der Waals surface area (Å²) in [6.45, 7) is 3.21. The van der Waals surface area contributed by atoms with Crippen LogP contribution in [-0.2, 0) is 14.9 Å². The van der Waals surface area contributed by atoms with Crippen molar-refractivity contribution >= 4 is 5.91 Å². The molecule has 2 aromatic rings. The Balaban J connectivity index is 1.51. The molecule has 0 bridgehead atoms. The van der Waals surface area contributed by atoms with Crippen LogP contribution in [0.1, 0.15) is 36.4 Å². The Morgan fingerprint density at radius 3 is 2.41 bits per heavy atom. The standard InChI is InChI=1S/C23H26F2N2O2/c24-19-7-5-17(6-8-19)21(27-11-13-29-14-12-27)16-26-22(28)23(9-2-10-23)18-3-1-4-20(25)15-18/h1,3-8,15,21H,2,9-14,16H2,(H,26,28). The molecule has 29 heavy (non-hydrogen) atoms. The molecule has 0 radical (unpaired) electrons. The third-order valence-electron chi connectivity index (χ3n) is 6.22. The monoisotopic (exact) mass is 400 g/mol. The van der Waals surface area contributed by atoms with Crippen LogP contribution in [0.25, 0.3) is 0 Å². The number of rotatable bonds is 6. The van der Waals surface area contributed by atoms with Crippen LogP contribution in [0.15, 0.2) is 48.5 Å². The van der Waals surface area contributed by atoms with Gasteiger partial charge in [-0.1, -0.05) is 30.7 Å². The van der Waals surface area contributed by atoms with Crippen LogP contribution in [0.4, 0.5) is 8.78 Å². The van der Waals surface area contributed by atoms with E-state index in [4.69, 9.17) is 4.74 Å². The molecule has 1 aliphatic carbocycles. The molecule has 4 rings (SSSR count). The zero-order valence-electron chi connectivity index (χ0n) is 16.4. The first kappa shape index (κ1) is 20.0. The first-order chi connectivity index (χ1) is 14.1. The van der Waals surface area contributed by atoms with E-state index in [1.807, 2.05) is 6.07 Å². The smallest absolute Gasteiger partial charge is 0.230 e. The zero-order valence-corrected chi connectivity index (χ0v) is 16.4. The Hall–Kier alpha value is -2.31. The first-order valence-corrected chi connectivity index (χ1v) is 10.2. The fourth-order valence-corrected chi connectivity index (χ4v) is 4.35. The third kappa shape index (κ3) is 4.19. The number of amides is 1. The Morgan fingerprint density at radius 1 is 1.07 bits per heavy atom. The van der Waals surface area contributed by atoms with Crippen LogP contribution in [0.2, 0.25) is 0 Å². The lowest BCUT2D eigenvalue weighted by Crippen LogP contribution is -2.51. The van der Waals surface area contributed by atoms with Crippen molar-refractivity contribution in [2.75, 3.05) is 32.8 Å². The van der Waals surface area contributed by atoms with Crippen LogP contribution in [0.3, 0.4) is 0 Å². The average Bonchev–Trinajstić information content (AvgIpc) is 2.69. The van der Waals surface area contributed by atoms with E-state index in [9.17, 15) is 13.6 Å². The van der Waals surface area contributed by atoms with Crippen molar-refractivity contribution < 1.29 is 18.3 Å². The summed E-state index contributed by atoms with van der Waals surface area (Å²) in [5.74, 6) is -0.660. The molecule has 154 valence electrons. The highest BCUT2D eigenvalue weighted by Gasteiger charge is 2.45. The predicted molar refractivity (Wildman–Crippen MR) is 106 cm³/mol. The van der Waals surface area contributed by atoms with Gasteiger partial charge >= 0.3 is 0 Å². The molecular formula is C23H26F2N2O2. The van der Waals surface area contributed by atoms with Crippen LogP contribution >= 0.6 is 0 Å². The average molecular weight is 400 g/mol. The molecule has 1 amide bonds. The van der Waals surface area contributed by atoms with E-state index in [2.05, 4.69) is 10.2 Å². The number of hydrogen-bond acceptors (Lipinski definition) is 3. The summed E-state index contributed by atoms with van der Waals surface area (Å²) in [7, 11) is 0. The van der Waals surface area contributed by atoms with Crippen molar-refractivity contribution in [2.45, 2.75) is 30.7 Å². The summed E-state index contributed by atoms with van der Waals surface area (Å²) in [4.78, 5) is 15.5. The van der Waals surface area contributed by atoms with Gasteiger partial charge in [0.2, 0.25) is 5.91 Å². The minimum Gasteiger partial charge on any atom is -0.379 e. The maximum Gasteiger partial charge on any atom is 0.230 e. The third-order valence-corrected chi connectivity index (χ3v) is 6.22. The summed E-state index contributed by atoms with van der Waals surface area (Å²) in [6.07, 6.45) is 2.40. The van der Waals surface area contributed by atoms with E-state index in [0.717, 1.165) is 43.5 Å². The lowest BCUT2D eigenvalue weighted by Gasteiger charge is -2.42. The Bertz CT molecular complexity index is 846. The summed E-state index contributed by atoms with van der Waals surface area (Å²) in [6, 6.07) is 12.7. The van der Waals surface area contributed by atoms with Gasteiger partial charge in [0, 0.05) is 19.6 Å². The van der Waals surface area contributed by atoms with Gasteiger partial charge in [0.15, 0.2) is 0 Å². The fraction of sp³-hybridized carbons (Fsp3) is 0.435. The largest absolute Gasteiger partial charge is 0.379 e. The van der Waals surface area contributed by atoms with Gasteiger partial charge in [-0.05, 0) is 48.2 Å². The van der Waals surface area contributed by atoms with E-state index in [0.29, 0.717) is 19.8 Å². The van der Waals surface area contributed by atoms with E-state index < -0.39 is 5.41 Å². The number of benzene rings is 2. The minimum absolute atomic E-state index is 0.0604. The quantitative estimate of drug-likeness (QED) is 0.806. The highest BCUT2D eigenvalue weighted by molar-refractivity contribution is 5.89. The maximum atomic E-state index is 13.8. The van der Waals surface area contributed by atoms with Crippen molar-refractivity contribution in [3.05, 3.63) is 71.3 Å². The normalized spacial score (nSPS) is 19.9. The van der Waals surface area contributed by atoms with Crippen molar-refractivity contribution in [2.24, 2.45) is 0 Å². The van der Waals surface area contributed by atoms with Crippen molar-refractivity contribution in [3.8, 4) is 0 Å². The number of hydrogen-bond donors (Lipinski definition) is 1. The van der Waals surface area contributed by atoms with Gasteiger partial charge in [-0.15, -0.1) is 0 Å². The van der Waals surface area contributed by atoms with Gasteiger partial charge < -0.3 is 10.1 Å². The molecule has 1 saturated carbocycles. The Kier molecular flexibility index (Phi) is 5.92. The molecule has 2 aliphatic rings. The lowest BCUT2D eigenvalue weighted by atomic mass is 9.63. The van der Waals surface area contributed by atoms with Gasteiger partial charge in [-0.25, -0.2) is 8.78 Å². The van der Waals surface area contributed by atoms with Gasteiger partial charge in [0.05, 0.1) is 24.7 Å². The SMILES string of the molecule is O=C(NCC(c1ccc(F)cc1)N1CCOCC1)C1(c2cccc(F)c2)CCC1. The fourth-order valence-electron chi connectivity index (χ4n) is 4.35. The van der Waals surface area contributed by atoms with Crippen LogP contribution in [0.5, 0.6) is 0 Å². The van der Waals surface area contributed by atoms with Gasteiger partial charge in [0.25, 0.3) is 0 Å². The molecule has 1 aliphatic heterocycles. The summed E-state index contributed by atoms with van der Waals surface area (Å²) < 4.78 is 32.6. The number of ether oxygens (including phenoxy) is 1. The van der Waals surface area contributed by atoms with Crippen molar-refractivity contribution in [3.63, 3.8) is 0 Å². The number of morpholine rings is 1. The second-order valence-electron chi connectivity index (χ2n) is 7.87. The zero-order chi connectivity index (χ0) is 20.3. The molecule has 0 aromatic heterocycles. The predicted octanol–water partition coefficient (Wildman–Crippen LogP) is 3.58. The van der Waals surface area contributed by atoms with E-state index in [1.54, 1.807) is 18.2 Å². The molecule has 1 saturated heterocycles. The van der Waals surface area contributed by atoms with Crippen molar-refractivity contribution in [1.29, 1.82) is 0 Å². The minimum atomic E-state index is -0.652. The summed E-state index contributed by atoms with van der Waals surface area (Å²) in [5.41, 5.74) is 1.05. The topological polar surface area (TPSA) is 41.6 Å². The highest BCUT2D eigenvalue weighted by Crippen LogP contribution is 2.44. The molecule has 1 N–H and O–H groups in total. The first-order valence-electron chi connectivity index (χ1n) is 10.2. The highest BCUT2D eigenvalue weighted by atomic mass is 19.1. The number of carbonyl (C=O) groups is 1. The second-order valence-corrected chi connectivity index (χ2v) is 7.87. The summed E-state index contributed by atoms with van der Waals surface area (Å²) >= 11 is 0. The molecule has 1 unspecified atom stereocenters.